The number of methoxy groups -OCH3 is 1. The van der Waals surface area contributed by atoms with Gasteiger partial charge in [-0.05, 0) is 55.6 Å². The fourth-order valence-corrected chi connectivity index (χ4v) is 3.67. The predicted molar refractivity (Wildman–Crippen MR) is 111 cm³/mol. The minimum Gasteiger partial charge on any atom is -0.497 e. The molecule has 29 heavy (non-hydrogen) atoms. The first-order chi connectivity index (χ1) is 14.0. The van der Waals surface area contributed by atoms with E-state index >= 15 is 0 Å². The lowest BCUT2D eigenvalue weighted by Gasteiger charge is -2.32. The Bertz CT molecular complexity index is 865. The molecule has 1 N–H and O–H groups in total. The summed E-state index contributed by atoms with van der Waals surface area (Å²) in [5.41, 5.74) is 1.24. The third-order valence-corrected chi connectivity index (χ3v) is 5.56. The molecule has 1 heterocycles. The summed E-state index contributed by atoms with van der Waals surface area (Å²) < 4.78 is 5.19. The van der Waals surface area contributed by atoms with Gasteiger partial charge in [0.15, 0.2) is 0 Å². The van der Waals surface area contributed by atoms with Crippen LogP contribution in [-0.2, 0) is 6.54 Å². The summed E-state index contributed by atoms with van der Waals surface area (Å²) in [6, 6.07) is 12.0. The number of nitrogens with zero attached hydrogens (tertiary/aromatic N) is 2. The van der Waals surface area contributed by atoms with Crippen molar-refractivity contribution in [3.05, 3.63) is 68.7 Å². The maximum Gasteiger partial charge on any atom is 0.270 e. The second-order valence-corrected chi connectivity index (χ2v) is 7.61. The topological polar surface area (TPSA) is 84.7 Å². The van der Waals surface area contributed by atoms with E-state index in [-0.39, 0.29) is 22.2 Å². The summed E-state index contributed by atoms with van der Waals surface area (Å²) in [4.78, 5) is 25.2. The Morgan fingerprint density at radius 2 is 1.93 bits per heavy atom. The van der Waals surface area contributed by atoms with Crippen molar-refractivity contribution < 1.29 is 14.5 Å². The van der Waals surface area contributed by atoms with Gasteiger partial charge in [-0.25, -0.2) is 0 Å². The third kappa shape index (κ3) is 5.68. The Morgan fingerprint density at radius 1 is 1.24 bits per heavy atom. The molecule has 3 rings (SSSR count). The smallest absolute Gasteiger partial charge is 0.270 e. The van der Waals surface area contributed by atoms with Gasteiger partial charge < -0.3 is 10.1 Å². The Morgan fingerprint density at radius 3 is 2.55 bits per heavy atom. The highest BCUT2D eigenvalue weighted by Gasteiger charge is 2.21. The second kappa shape index (κ2) is 9.71. The van der Waals surface area contributed by atoms with E-state index in [1.54, 1.807) is 7.11 Å². The number of benzene rings is 2. The lowest BCUT2D eigenvalue weighted by Crippen LogP contribution is -2.38. The van der Waals surface area contributed by atoms with E-state index in [1.807, 2.05) is 12.1 Å². The lowest BCUT2D eigenvalue weighted by atomic mass is 9.96. The number of rotatable bonds is 7. The molecule has 1 amide bonds. The molecule has 8 heteroatoms. The number of nitro groups is 1. The normalized spacial score (nSPS) is 15.1. The van der Waals surface area contributed by atoms with Crippen LogP contribution >= 0.6 is 11.6 Å². The van der Waals surface area contributed by atoms with Crippen molar-refractivity contribution in [3.63, 3.8) is 0 Å². The molecule has 0 spiro atoms. The third-order valence-electron chi connectivity index (χ3n) is 5.23. The molecule has 0 saturated carbocycles. The molecular weight excluding hydrogens is 394 g/mol. The van der Waals surface area contributed by atoms with Gasteiger partial charge >= 0.3 is 0 Å². The molecule has 2 aromatic carbocycles. The van der Waals surface area contributed by atoms with Crippen LogP contribution in [0.15, 0.2) is 42.5 Å². The van der Waals surface area contributed by atoms with Crippen LogP contribution < -0.4 is 10.1 Å². The number of piperidine rings is 1. The molecule has 0 radical (unpaired) electrons. The van der Waals surface area contributed by atoms with Crippen molar-refractivity contribution in [2.45, 2.75) is 19.4 Å². The van der Waals surface area contributed by atoms with Crippen LogP contribution in [0.2, 0.25) is 5.02 Å². The number of likely N-dealkylation sites (tertiary alicyclic amines) is 1. The van der Waals surface area contributed by atoms with Crippen molar-refractivity contribution in [2.24, 2.45) is 5.92 Å². The van der Waals surface area contributed by atoms with Gasteiger partial charge in [0.1, 0.15) is 5.75 Å². The number of hydrogen-bond donors (Lipinski definition) is 1. The molecule has 0 aliphatic carbocycles. The summed E-state index contributed by atoms with van der Waals surface area (Å²) in [6.45, 7) is 3.36. The van der Waals surface area contributed by atoms with Gasteiger partial charge in [-0.1, -0.05) is 23.7 Å². The Kier molecular flexibility index (Phi) is 7.06. The van der Waals surface area contributed by atoms with Gasteiger partial charge in [-0.2, -0.15) is 0 Å². The van der Waals surface area contributed by atoms with Crippen LogP contribution in [0.1, 0.15) is 28.8 Å². The first kappa shape index (κ1) is 21.1. The highest BCUT2D eigenvalue weighted by Crippen LogP contribution is 2.23. The molecular formula is C21H24ClN3O4. The molecule has 1 fully saturated rings. The van der Waals surface area contributed by atoms with E-state index in [1.165, 1.54) is 23.8 Å². The molecule has 0 aromatic heterocycles. The summed E-state index contributed by atoms with van der Waals surface area (Å²) in [5, 5.41) is 14.0. The molecule has 154 valence electrons. The molecule has 0 atom stereocenters. The van der Waals surface area contributed by atoms with Crippen molar-refractivity contribution in [3.8, 4) is 5.75 Å². The summed E-state index contributed by atoms with van der Waals surface area (Å²) in [7, 11) is 1.66. The number of halogens is 1. The monoisotopic (exact) mass is 417 g/mol. The molecule has 1 aliphatic rings. The van der Waals surface area contributed by atoms with Crippen molar-refractivity contribution in [1.29, 1.82) is 0 Å². The number of carbonyl (C=O) groups is 1. The number of carbonyl (C=O) groups excluding carboxylic acids is 1. The highest BCUT2D eigenvalue weighted by atomic mass is 35.5. The van der Waals surface area contributed by atoms with Crippen molar-refractivity contribution in [1.82, 2.24) is 10.2 Å². The fourth-order valence-electron chi connectivity index (χ4n) is 3.47. The Labute approximate surface area is 174 Å². The van der Waals surface area contributed by atoms with Gasteiger partial charge in [0, 0.05) is 25.2 Å². The number of non-ortho nitro benzene ring substituents is 1. The van der Waals surface area contributed by atoms with Crippen LogP contribution in [0, 0.1) is 16.0 Å². The van der Waals surface area contributed by atoms with Crippen LogP contribution in [0.4, 0.5) is 5.69 Å². The number of nitro benzene ring substituents is 1. The maximum atomic E-state index is 12.4. The lowest BCUT2D eigenvalue weighted by molar-refractivity contribution is -0.384. The minimum atomic E-state index is -0.536. The van der Waals surface area contributed by atoms with Gasteiger partial charge in [-0.3, -0.25) is 19.8 Å². The van der Waals surface area contributed by atoms with E-state index in [0.717, 1.165) is 38.2 Å². The summed E-state index contributed by atoms with van der Waals surface area (Å²) in [6.07, 6.45) is 1.97. The standard InChI is InChI=1S/C21H24ClN3O4/c1-29-18-5-2-16(3-6-18)14-24-10-8-15(9-11-24)13-23-21(26)19-12-17(25(27)28)4-7-20(19)22/h2-7,12,15H,8-11,13-14H2,1H3,(H,23,26). The average Bonchev–Trinajstić information content (AvgIpc) is 2.73. The quantitative estimate of drug-likeness (QED) is 0.545. The first-order valence-electron chi connectivity index (χ1n) is 9.53. The first-order valence-corrected chi connectivity index (χ1v) is 9.91. The van der Waals surface area contributed by atoms with E-state index in [9.17, 15) is 14.9 Å². The van der Waals surface area contributed by atoms with E-state index in [2.05, 4.69) is 22.3 Å². The summed E-state index contributed by atoms with van der Waals surface area (Å²) >= 11 is 6.03. The zero-order chi connectivity index (χ0) is 20.8. The van der Waals surface area contributed by atoms with E-state index in [4.69, 9.17) is 16.3 Å². The molecule has 1 saturated heterocycles. The second-order valence-electron chi connectivity index (χ2n) is 7.20. The zero-order valence-electron chi connectivity index (χ0n) is 16.3. The molecule has 0 unspecified atom stereocenters. The largest absolute Gasteiger partial charge is 0.497 e. The number of hydrogen-bond acceptors (Lipinski definition) is 5. The van der Waals surface area contributed by atoms with Gasteiger partial charge in [0.25, 0.3) is 11.6 Å². The van der Waals surface area contributed by atoms with E-state index < -0.39 is 4.92 Å². The molecule has 1 aliphatic heterocycles. The highest BCUT2D eigenvalue weighted by molar-refractivity contribution is 6.33. The van der Waals surface area contributed by atoms with E-state index in [0.29, 0.717) is 12.5 Å². The molecule has 0 bridgehead atoms. The number of ether oxygens (including phenoxy) is 1. The Balaban J connectivity index is 1.46. The van der Waals surface area contributed by atoms with Crippen LogP contribution in [0.25, 0.3) is 0 Å². The Hall–Kier alpha value is -2.64. The van der Waals surface area contributed by atoms with Crippen molar-refractivity contribution >= 4 is 23.2 Å². The minimum absolute atomic E-state index is 0.137. The van der Waals surface area contributed by atoms with Gasteiger partial charge in [0.2, 0.25) is 0 Å². The molecule has 2 aromatic rings. The maximum absolute atomic E-state index is 12.4. The predicted octanol–water partition coefficient (Wildman–Crippen LogP) is 3.90. The fraction of sp³-hybridized carbons (Fsp3) is 0.381. The summed E-state index contributed by atoms with van der Waals surface area (Å²) in [5.74, 6) is 0.856. The average molecular weight is 418 g/mol. The van der Waals surface area contributed by atoms with Gasteiger partial charge in [-0.15, -0.1) is 0 Å². The van der Waals surface area contributed by atoms with Crippen LogP contribution in [0.5, 0.6) is 5.75 Å². The van der Waals surface area contributed by atoms with Crippen LogP contribution in [-0.4, -0.2) is 42.5 Å². The number of amides is 1. The van der Waals surface area contributed by atoms with Crippen LogP contribution in [0.3, 0.4) is 0 Å². The molecule has 7 nitrogen and oxygen atoms in total. The van der Waals surface area contributed by atoms with Gasteiger partial charge in [0.05, 0.1) is 22.6 Å². The zero-order valence-corrected chi connectivity index (χ0v) is 17.0. The van der Waals surface area contributed by atoms with Crippen molar-refractivity contribution in [2.75, 3.05) is 26.7 Å². The number of nitrogens with one attached hydrogen (secondary N) is 1. The SMILES string of the molecule is COc1ccc(CN2CCC(CNC(=O)c3cc([N+](=O)[O-])ccc3Cl)CC2)cc1.